The highest BCUT2D eigenvalue weighted by atomic mass is 14.9. The summed E-state index contributed by atoms with van der Waals surface area (Å²) in [7, 11) is 0. The zero-order chi connectivity index (χ0) is 12.1. The molecule has 0 fully saturated rings. The second-order valence-electron chi connectivity index (χ2n) is 4.87. The SMILES string of the molecule is CCNC(C1=CCCCC1)c1ccccc1C. The van der Waals surface area contributed by atoms with Gasteiger partial charge in [0.2, 0.25) is 0 Å². The van der Waals surface area contributed by atoms with E-state index in [1.807, 2.05) is 0 Å². The van der Waals surface area contributed by atoms with Crippen molar-refractivity contribution in [1.29, 1.82) is 0 Å². The lowest BCUT2D eigenvalue weighted by Gasteiger charge is -2.25. The van der Waals surface area contributed by atoms with Crippen LogP contribution in [0.3, 0.4) is 0 Å². The first-order valence-electron chi connectivity index (χ1n) is 6.80. The predicted octanol–water partition coefficient (Wildman–Crippen LogP) is 4.15. The Morgan fingerprint density at radius 1 is 1.24 bits per heavy atom. The molecule has 1 atom stereocenters. The third-order valence-electron chi connectivity index (χ3n) is 3.60. The Labute approximate surface area is 105 Å². The van der Waals surface area contributed by atoms with Crippen LogP contribution in [0, 0.1) is 6.92 Å². The molecule has 0 heterocycles. The minimum Gasteiger partial charge on any atom is -0.307 e. The molecule has 1 nitrogen and oxygen atoms in total. The van der Waals surface area contributed by atoms with Gasteiger partial charge in [0, 0.05) is 0 Å². The van der Waals surface area contributed by atoms with Gasteiger partial charge in [-0.25, -0.2) is 0 Å². The van der Waals surface area contributed by atoms with Crippen LogP contribution >= 0.6 is 0 Å². The van der Waals surface area contributed by atoms with Crippen LogP contribution in [0.5, 0.6) is 0 Å². The van der Waals surface area contributed by atoms with Crippen LogP contribution < -0.4 is 5.32 Å². The van der Waals surface area contributed by atoms with Crippen molar-refractivity contribution in [3.05, 3.63) is 47.0 Å². The summed E-state index contributed by atoms with van der Waals surface area (Å²) >= 11 is 0. The highest BCUT2D eigenvalue weighted by molar-refractivity contribution is 5.35. The van der Waals surface area contributed by atoms with E-state index in [-0.39, 0.29) is 0 Å². The highest BCUT2D eigenvalue weighted by Gasteiger charge is 2.18. The van der Waals surface area contributed by atoms with E-state index in [9.17, 15) is 0 Å². The van der Waals surface area contributed by atoms with E-state index in [2.05, 4.69) is 49.5 Å². The lowest BCUT2D eigenvalue weighted by atomic mass is 9.88. The topological polar surface area (TPSA) is 12.0 Å². The number of aryl methyl sites for hydroxylation is 1. The van der Waals surface area contributed by atoms with E-state index in [1.165, 1.54) is 36.8 Å². The van der Waals surface area contributed by atoms with Crippen LogP contribution in [0.4, 0.5) is 0 Å². The first kappa shape index (κ1) is 12.4. The predicted molar refractivity (Wildman–Crippen MR) is 74.1 cm³/mol. The van der Waals surface area contributed by atoms with Crippen molar-refractivity contribution in [3.63, 3.8) is 0 Å². The molecule has 0 bridgehead atoms. The number of nitrogens with one attached hydrogen (secondary N) is 1. The molecule has 92 valence electrons. The van der Waals surface area contributed by atoms with Crippen molar-refractivity contribution in [3.8, 4) is 0 Å². The second kappa shape index (κ2) is 6.02. The largest absolute Gasteiger partial charge is 0.307 e. The maximum Gasteiger partial charge on any atom is 0.0538 e. The number of allylic oxidation sites excluding steroid dienone is 1. The molecule has 1 aromatic rings. The lowest BCUT2D eigenvalue weighted by Crippen LogP contribution is -2.24. The summed E-state index contributed by atoms with van der Waals surface area (Å²) in [6.07, 6.45) is 7.66. The number of benzene rings is 1. The molecular formula is C16H23N. The fraction of sp³-hybridized carbons (Fsp3) is 0.500. The minimum atomic E-state index is 0.432. The molecule has 0 radical (unpaired) electrons. The number of rotatable bonds is 4. The third-order valence-corrected chi connectivity index (χ3v) is 3.60. The van der Waals surface area contributed by atoms with E-state index < -0.39 is 0 Å². The van der Waals surface area contributed by atoms with Crippen LogP contribution in [0.15, 0.2) is 35.9 Å². The van der Waals surface area contributed by atoms with Crippen LogP contribution in [0.1, 0.15) is 49.8 Å². The van der Waals surface area contributed by atoms with E-state index >= 15 is 0 Å². The minimum absolute atomic E-state index is 0.432. The molecule has 0 aliphatic heterocycles. The summed E-state index contributed by atoms with van der Waals surface area (Å²) < 4.78 is 0. The molecule has 0 saturated carbocycles. The zero-order valence-electron chi connectivity index (χ0n) is 11.0. The lowest BCUT2D eigenvalue weighted by molar-refractivity contribution is 0.562. The van der Waals surface area contributed by atoms with Gasteiger partial charge in [-0.3, -0.25) is 0 Å². The Kier molecular flexibility index (Phi) is 4.38. The molecular weight excluding hydrogens is 206 g/mol. The van der Waals surface area contributed by atoms with E-state index in [0.717, 1.165) is 6.54 Å². The Bertz CT molecular complexity index is 392. The van der Waals surface area contributed by atoms with Gasteiger partial charge in [-0.05, 0) is 50.3 Å². The molecule has 0 amide bonds. The summed E-state index contributed by atoms with van der Waals surface area (Å²) in [5.74, 6) is 0. The summed E-state index contributed by atoms with van der Waals surface area (Å²) in [6.45, 7) is 5.42. The standard InChI is InChI=1S/C16H23N/c1-3-17-16(14-10-5-4-6-11-14)15-12-8-7-9-13(15)2/h7-10,12,16-17H,3-6,11H2,1-2H3. The Balaban J connectivity index is 2.28. The van der Waals surface area contributed by atoms with Gasteiger partial charge in [0.15, 0.2) is 0 Å². The molecule has 1 heteroatoms. The van der Waals surface area contributed by atoms with Gasteiger partial charge in [0.1, 0.15) is 0 Å². The van der Waals surface area contributed by atoms with Crippen LogP contribution in [0.25, 0.3) is 0 Å². The Hall–Kier alpha value is -1.08. The maximum absolute atomic E-state index is 3.64. The van der Waals surface area contributed by atoms with Crippen molar-refractivity contribution >= 4 is 0 Å². The van der Waals surface area contributed by atoms with Crippen molar-refractivity contribution < 1.29 is 0 Å². The molecule has 1 aliphatic rings. The van der Waals surface area contributed by atoms with Crippen molar-refractivity contribution in [2.24, 2.45) is 0 Å². The highest BCUT2D eigenvalue weighted by Crippen LogP contribution is 2.31. The first-order chi connectivity index (χ1) is 8.33. The summed E-state index contributed by atoms with van der Waals surface area (Å²) in [5, 5.41) is 3.64. The molecule has 0 spiro atoms. The normalized spacial score (nSPS) is 17.6. The van der Waals surface area contributed by atoms with Gasteiger partial charge < -0.3 is 5.32 Å². The molecule has 1 N–H and O–H groups in total. The van der Waals surface area contributed by atoms with E-state index in [0.29, 0.717) is 6.04 Å². The molecule has 1 aliphatic carbocycles. The zero-order valence-corrected chi connectivity index (χ0v) is 11.0. The first-order valence-corrected chi connectivity index (χ1v) is 6.80. The third kappa shape index (κ3) is 2.98. The number of hydrogen-bond donors (Lipinski definition) is 1. The quantitative estimate of drug-likeness (QED) is 0.765. The van der Waals surface area contributed by atoms with Crippen LogP contribution in [0.2, 0.25) is 0 Å². The molecule has 0 aromatic heterocycles. The molecule has 17 heavy (non-hydrogen) atoms. The molecule has 2 rings (SSSR count). The van der Waals surface area contributed by atoms with Crippen LogP contribution in [-0.2, 0) is 0 Å². The van der Waals surface area contributed by atoms with Gasteiger partial charge >= 0.3 is 0 Å². The Morgan fingerprint density at radius 2 is 2.06 bits per heavy atom. The maximum atomic E-state index is 3.64. The summed E-state index contributed by atoms with van der Waals surface area (Å²) in [4.78, 5) is 0. The van der Waals surface area contributed by atoms with Gasteiger partial charge in [0.25, 0.3) is 0 Å². The monoisotopic (exact) mass is 229 g/mol. The van der Waals surface area contributed by atoms with Crippen LogP contribution in [-0.4, -0.2) is 6.54 Å². The smallest absolute Gasteiger partial charge is 0.0538 e. The van der Waals surface area contributed by atoms with Gasteiger partial charge in [-0.1, -0.05) is 42.8 Å². The van der Waals surface area contributed by atoms with Crippen molar-refractivity contribution in [2.45, 2.75) is 45.6 Å². The molecule has 1 aromatic carbocycles. The summed E-state index contributed by atoms with van der Waals surface area (Å²) in [5.41, 5.74) is 4.43. The van der Waals surface area contributed by atoms with Gasteiger partial charge in [0.05, 0.1) is 6.04 Å². The second-order valence-corrected chi connectivity index (χ2v) is 4.87. The molecule has 1 unspecified atom stereocenters. The fourth-order valence-electron chi connectivity index (χ4n) is 2.68. The van der Waals surface area contributed by atoms with Crippen molar-refractivity contribution in [2.75, 3.05) is 6.54 Å². The number of hydrogen-bond acceptors (Lipinski definition) is 1. The average Bonchev–Trinajstić information content (AvgIpc) is 2.38. The fourth-order valence-corrected chi connectivity index (χ4v) is 2.68. The number of likely N-dealkylation sites (N-methyl/N-ethyl adjacent to an activating group) is 1. The average molecular weight is 229 g/mol. The van der Waals surface area contributed by atoms with Gasteiger partial charge in [-0.2, -0.15) is 0 Å². The van der Waals surface area contributed by atoms with Crippen molar-refractivity contribution in [1.82, 2.24) is 5.32 Å². The Morgan fingerprint density at radius 3 is 2.71 bits per heavy atom. The summed E-state index contributed by atoms with van der Waals surface area (Å²) in [6, 6.07) is 9.18. The van der Waals surface area contributed by atoms with E-state index in [4.69, 9.17) is 0 Å². The van der Waals surface area contributed by atoms with Gasteiger partial charge in [-0.15, -0.1) is 0 Å². The molecule has 0 saturated heterocycles. The van der Waals surface area contributed by atoms with E-state index in [1.54, 1.807) is 5.57 Å².